The Kier molecular flexibility index (Phi) is 8.19. The molecule has 2 aromatic carbocycles. The molecule has 1 amide bonds. The van der Waals surface area contributed by atoms with E-state index in [-0.39, 0.29) is 17.6 Å². The summed E-state index contributed by atoms with van der Waals surface area (Å²) < 4.78 is 7.15. The average molecular weight is 529 g/mol. The van der Waals surface area contributed by atoms with Crippen LogP contribution < -0.4 is 21.3 Å². The van der Waals surface area contributed by atoms with Crippen LogP contribution in [0, 0.1) is 6.92 Å². The second-order valence-electron chi connectivity index (χ2n) is 7.09. The maximum absolute atomic E-state index is 12.1. The minimum absolute atomic E-state index is 0.105. The van der Waals surface area contributed by atoms with Crippen LogP contribution in [0.3, 0.4) is 0 Å². The van der Waals surface area contributed by atoms with E-state index in [0.717, 1.165) is 28.6 Å². The molecule has 0 spiro atoms. The largest absolute Gasteiger partial charge is 0.488 e. The summed E-state index contributed by atoms with van der Waals surface area (Å²) in [4.78, 5) is 16.3. The number of aromatic nitrogens is 4. The second kappa shape index (κ2) is 11.7. The van der Waals surface area contributed by atoms with Gasteiger partial charge in [0, 0.05) is 21.5 Å². The second-order valence-corrected chi connectivity index (χ2v) is 9.30. The molecule has 0 bridgehead atoms. The van der Waals surface area contributed by atoms with Crippen molar-refractivity contribution in [1.82, 2.24) is 19.9 Å². The van der Waals surface area contributed by atoms with Gasteiger partial charge in [0.25, 0.3) is 5.95 Å². The number of benzene rings is 2. The minimum Gasteiger partial charge on any atom is -0.488 e. The van der Waals surface area contributed by atoms with E-state index in [1.54, 1.807) is 6.21 Å². The van der Waals surface area contributed by atoms with E-state index < -0.39 is 0 Å². The predicted molar refractivity (Wildman–Crippen MR) is 140 cm³/mol. The van der Waals surface area contributed by atoms with E-state index in [2.05, 4.69) is 31.0 Å². The topological polar surface area (TPSA) is 132 Å². The number of nitrogens with zero attached hydrogens (tertiary/aromatic N) is 5. The molecule has 35 heavy (non-hydrogen) atoms. The monoisotopic (exact) mass is 528 g/mol. The number of hydrogen-bond donors (Lipinski definition) is 3. The number of amides is 1. The van der Waals surface area contributed by atoms with Crippen LogP contribution in [0.25, 0.3) is 0 Å². The fourth-order valence-corrected chi connectivity index (χ4v) is 4.35. The van der Waals surface area contributed by atoms with Gasteiger partial charge in [-0.25, -0.2) is 15.1 Å². The van der Waals surface area contributed by atoms with Gasteiger partial charge in [-0.1, -0.05) is 53.7 Å². The first kappa shape index (κ1) is 24.5. The van der Waals surface area contributed by atoms with Gasteiger partial charge in [0.1, 0.15) is 12.4 Å². The normalized spacial score (nSPS) is 11.0. The molecule has 2 aromatic heterocycles. The molecule has 0 aliphatic rings. The van der Waals surface area contributed by atoms with E-state index in [4.69, 9.17) is 22.2 Å². The first-order valence-corrected chi connectivity index (χ1v) is 12.5. The summed E-state index contributed by atoms with van der Waals surface area (Å²) in [6.45, 7) is 2.19. The summed E-state index contributed by atoms with van der Waals surface area (Å²) in [6, 6.07) is 15.0. The Bertz CT molecular complexity index is 1340. The third-order valence-corrected chi connectivity index (χ3v) is 6.68. The number of thiazole rings is 1. The zero-order chi connectivity index (χ0) is 24.6. The van der Waals surface area contributed by atoms with Gasteiger partial charge in [-0.05, 0) is 25.1 Å². The molecule has 4 aromatic rings. The summed E-state index contributed by atoms with van der Waals surface area (Å²) in [5.74, 6) is 6.79. The number of hydrogen-bond acceptors (Lipinski definition) is 10. The molecular weight excluding hydrogens is 508 g/mol. The molecule has 4 N–H and O–H groups in total. The molecule has 0 saturated carbocycles. The quantitative estimate of drug-likeness (QED) is 0.121. The van der Waals surface area contributed by atoms with Crippen LogP contribution in [0.1, 0.15) is 16.8 Å². The lowest BCUT2D eigenvalue weighted by atomic mass is 10.2. The number of thioether (sulfide) groups is 1. The molecule has 4 rings (SSSR count). The highest BCUT2D eigenvalue weighted by Crippen LogP contribution is 2.22. The number of halogens is 1. The maximum Gasteiger partial charge on any atom is 0.264 e. The molecule has 180 valence electrons. The average Bonchev–Trinajstić information content (AvgIpc) is 3.42. The highest BCUT2D eigenvalue weighted by Gasteiger charge is 2.13. The molecule has 10 nitrogen and oxygen atoms in total. The van der Waals surface area contributed by atoms with E-state index >= 15 is 0 Å². The number of para-hydroxylation sites is 1. The van der Waals surface area contributed by atoms with Gasteiger partial charge >= 0.3 is 0 Å². The van der Waals surface area contributed by atoms with Crippen LogP contribution >= 0.6 is 34.7 Å². The third-order valence-electron chi connectivity index (χ3n) is 4.49. The summed E-state index contributed by atoms with van der Waals surface area (Å²) in [7, 11) is 0. The Morgan fingerprint density at radius 2 is 2.06 bits per heavy atom. The standard InChI is InChI=1S/C22H21ClN8O2S2/c1-14-12-34-21(26-14)27-19(32)13-35-22-30-29-20(31(22)24)28-25-10-15-6-3-5-9-18(15)33-11-16-7-2-4-8-17(16)23/h2-10,12H,11,13,24H2,1H3,(H,28,29)(H,26,27,32)/b25-10+. The summed E-state index contributed by atoms with van der Waals surface area (Å²) in [5, 5.41) is 18.3. The molecule has 0 saturated heterocycles. The molecule has 0 fully saturated rings. The number of aryl methyl sites for hydroxylation is 1. The molecular formula is C22H21ClN8O2S2. The number of hydrazone groups is 1. The van der Waals surface area contributed by atoms with Gasteiger partial charge in [-0.2, -0.15) is 5.10 Å². The number of carbonyl (C=O) groups excluding carboxylic acids is 1. The highest BCUT2D eigenvalue weighted by atomic mass is 35.5. The van der Waals surface area contributed by atoms with Crippen molar-refractivity contribution in [1.29, 1.82) is 0 Å². The van der Waals surface area contributed by atoms with Crippen molar-refractivity contribution in [3.8, 4) is 5.75 Å². The number of nitrogens with one attached hydrogen (secondary N) is 2. The minimum atomic E-state index is -0.215. The third kappa shape index (κ3) is 6.72. The Morgan fingerprint density at radius 3 is 2.86 bits per heavy atom. The van der Waals surface area contributed by atoms with Gasteiger partial charge in [-0.15, -0.1) is 21.5 Å². The van der Waals surface area contributed by atoms with Crippen LogP contribution in [0.2, 0.25) is 5.02 Å². The van der Waals surface area contributed by atoms with Gasteiger partial charge in [0.05, 0.1) is 17.7 Å². The number of rotatable bonds is 10. The van der Waals surface area contributed by atoms with Crippen LogP contribution in [0.4, 0.5) is 11.1 Å². The maximum atomic E-state index is 12.1. The van der Waals surface area contributed by atoms with E-state index in [9.17, 15) is 4.79 Å². The van der Waals surface area contributed by atoms with Crippen molar-refractivity contribution in [2.45, 2.75) is 18.7 Å². The Labute approximate surface area is 214 Å². The van der Waals surface area contributed by atoms with Crippen LogP contribution in [-0.4, -0.2) is 37.7 Å². The molecule has 0 unspecified atom stereocenters. The smallest absolute Gasteiger partial charge is 0.264 e. The van der Waals surface area contributed by atoms with Crippen molar-refractivity contribution >= 4 is 57.9 Å². The fraction of sp³-hybridized carbons (Fsp3) is 0.136. The number of anilines is 2. The van der Waals surface area contributed by atoms with Crippen molar-refractivity contribution in [3.63, 3.8) is 0 Å². The first-order valence-electron chi connectivity index (χ1n) is 10.3. The molecule has 13 heteroatoms. The molecule has 2 heterocycles. The fourth-order valence-electron chi connectivity index (χ4n) is 2.80. The lowest BCUT2D eigenvalue weighted by Crippen LogP contribution is -2.16. The van der Waals surface area contributed by atoms with Crippen molar-refractivity contribution < 1.29 is 9.53 Å². The van der Waals surface area contributed by atoms with Crippen LogP contribution in [0.15, 0.2) is 64.2 Å². The zero-order valence-corrected chi connectivity index (χ0v) is 20.9. The lowest BCUT2D eigenvalue weighted by molar-refractivity contribution is -0.113. The van der Waals surface area contributed by atoms with Crippen molar-refractivity contribution in [2.24, 2.45) is 5.10 Å². The van der Waals surface area contributed by atoms with Gasteiger partial charge in [0.2, 0.25) is 11.1 Å². The zero-order valence-electron chi connectivity index (χ0n) is 18.5. The Balaban J connectivity index is 1.32. The van der Waals surface area contributed by atoms with Gasteiger partial charge in [-0.3, -0.25) is 4.79 Å². The van der Waals surface area contributed by atoms with Crippen molar-refractivity contribution in [3.05, 3.63) is 75.8 Å². The van der Waals surface area contributed by atoms with Crippen LogP contribution in [-0.2, 0) is 11.4 Å². The SMILES string of the molecule is Cc1csc(NC(=O)CSc2nnc(N/N=C/c3ccccc3OCc3ccccc3Cl)n2N)n1. The Morgan fingerprint density at radius 1 is 1.26 bits per heavy atom. The predicted octanol–water partition coefficient (Wildman–Crippen LogP) is 4.17. The van der Waals surface area contributed by atoms with E-state index in [1.165, 1.54) is 16.0 Å². The van der Waals surface area contributed by atoms with Crippen molar-refractivity contribution in [2.75, 3.05) is 22.3 Å². The number of nitrogens with two attached hydrogens (primary N) is 1. The summed E-state index contributed by atoms with van der Waals surface area (Å²) in [5.41, 5.74) is 5.24. The molecule has 0 aliphatic heterocycles. The van der Waals surface area contributed by atoms with E-state index in [0.29, 0.717) is 27.7 Å². The van der Waals surface area contributed by atoms with E-state index in [1.807, 2.05) is 60.8 Å². The highest BCUT2D eigenvalue weighted by molar-refractivity contribution is 7.99. The molecule has 0 radical (unpaired) electrons. The lowest BCUT2D eigenvalue weighted by Gasteiger charge is -2.10. The number of ether oxygens (including phenoxy) is 1. The first-order chi connectivity index (χ1) is 17.0. The number of carbonyl (C=O) groups is 1. The summed E-state index contributed by atoms with van der Waals surface area (Å²) >= 11 is 8.72. The number of nitrogen functional groups attached to an aromatic ring is 1. The Hall–Kier alpha value is -3.61. The molecule has 0 aliphatic carbocycles. The summed E-state index contributed by atoms with van der Waals surface area (Å²) in [6.07, 6.45) is 1.59. The van der Waals surface area contributed by atoms with Gasteiger partial charge in [0.15, 0.2) is 5.13 Å². The molecule has 0 atom stereocenters. The van der Waals surface area contributed by atoms with Crippen LogP contribution in [0.5, 0.6) is 5.75 Å². The van der Waals surface area contributed by atoms with Gasteiger partial charge < -0.3 is 15.9 Å².